The molecular formula is C13H19N5. The maximum atomic E-state index is 5.99. The van der Waals surface area contributed by atoms with E-state index in [4.69, 9.17) is 5.73 Å². The summed E-state index contributed by atoms with van der Waals surface area (Å²) in [5.74, 6) is 1.25. The Morgan fingerprint density at radius 2 is 1.94 bits per heavy atom. The number of hydrogen-bond acceptors (Lipinski definition) is 4. The van der Waals surface area contributed by atoms with Gasteiger partial charge in [0.25, 0.3) is 0 Å². The summed E-state index contributed by atoms with van der Waals surface area (Å²) in [6, 6.07) is 0. The number of nitrogens with two attached hydrogens (primary N) is 1. The summed E-state index contributed by atoms with van der Waals surface area (Å²) < 4.78 is 1.79. The number of anilines is 1. The average molecular weight is 245 g/mol. The molecule has 2 rings (SSSR count). The molecule has 0 aliphatic carbocycles. The number of aromatic nitrogens is 4. The summed E-state index contributed by atoms with van der Waals surface area (Å²) in [7, 11) is 1.90. The van der Waals surface area contributed by atoms with Crippen LogP contribution in [0.2, 0.25) is 0 Å². The van der Waals surface area contributed by atoms with Gasteiger partial charge in [-0.3, -0.25) is 4.68 Å². The van der Waals surface area contributed by atoms with Crippen molar-refractivity contribution in [2.24, 2.45) is 7.05 Å². The minimum Gasteiger partial charge on any atom is -0.383 e. The fourth-order valence-electron chi connectivity index (χ4n) is 2.16. The Kier molecular flexibility index (Phi) is 3.32. The van der Waals surface area contributed by atoms with Gasteiger partial charge in [-0.25, -0.2) is 9.97 Å². The molecule has 0 aliphatic rings. The number of nitrogens with zero attached hydrogens (tertiary/aromatic N) is 4. The fraction of sp³-hybridized carbons (Fsp3) is 0.462. The van der Waals surface area contributed by atoms with Gasteiger partial charge in [0.2, 0.25) is 0 Å². The molecular weight excluding hydrogens is 226 g/mol. The second kappa shape index (κ2) is 4.76. The van der Waals surface area contributed by atoms with Crippen molar-refractivity contribution in [1.29, 1.82) is 0 Å². The smallest absolute Gasteiger partial charge is 0.165 e. The molecule has 0 radical (unpaired) electrons. The van der Waals surface area contributed by atoms with Gasteiger partial charge in [0.05, 0.1) is 11.3 Å². The monoisotopic (exact) mass is 245 g/mol. The molecule has 2 aromatic heterocycles. The van der Waals surface area contributed by atoms with Gasteiger partial charge in [-0.05, 0) is 19.8 Å². The molecule has 18 heavy (non-hydrogen) atoms. The van der Waals surface area contributed by atoms with Crippen LogP contribution in [0.4, 0.5) is 5.82 Å². The van der Waals surface area contributed by atoms with Crippen molar-refractivity contribution in [1.82, 2.24) is 19.7 Å². The van der Waals surface area contributed by atoms with Crippen molar-refractivity contribution in [3.63, 3.8) is 0 Å². The zero-order valence-corrected chi connectivity index (χ0v) is 11.4. The quantitative estimate of drug-likeness (QED) is 0.896. The highest BCUT2D eigenvalue weighted by Gasteiger charge is 2.14. The molecule has 0 saturated heterocycles. The van der Waals surface area contributed by atoms with Gasteiger partial charge in [0, 0.05) is 24.5 Å². The van der Waals surface area contributed by atoms with Crippen molar-refractivity contribution in [2.75, 3.05) is 5.73 Å². The highest BCUT2D eigenvalue weighted by Crippen LogP contribution is 2.23. The van der Waals surface area contributed by atoms with E-state index >= 15 is 0 Å². The summed E-state index contributed by atoms with van der Waals surface area (Å²) in [4.78, 5) is 8.96. The van der Waals surface area contributed by atoms with Gasteiger partial charge in [-0.1, -0.05) is 13.8 Å². The molecule has 0 aliphatic heterocycles. The van der Waals surface area contributed by atoms with Crippen molar-refractivity contribution in [3.05, 3.63) is 23.1 Å². The number of aryl methyl sites for hydroxylation is 3. The van der Waals surface area contributed by atoms with E-state index in [-0.39, 0.29) is 0 Å². The third-order valence-electron chi connectivity index (χ3n) is 3.08. The highest BCUT2D eigenvalue weighted by molar-refractivity contribution is 5.60. The lowest BCUT2D eigenvalue weighted by Crippen LogP contribution is -2.04. The fourth-order valence-corrected chi connectivity index (χ4v) is 2.16. The molecule has 2 heterocycles. The van der Waals surface area contributed by atoms with E-state index < -0.39 is 0 Å². The Bertz CT molecular complexity index is 548. The number of nitrogen functional groups attached to an aromatic ring is 1. The Morgan fingerprint density at radius 1 is 1.22 bits per heavy atom. The Balaban J connectivity index is 2.57. The summed E-state index contributed by atoms with van der Waals surface area (Å²) in [6.45, 7) is 6.11. The predicted octanol–water partition coefficient (Wildman–Crippen LogP) is 1.89. The molecule has 0 spiro atoms. The van der Waals surface area contributed by atoms with Gasteiger partial charge in [0.15, 0.2) is 5.82 Å². The van der Waals surface area contributed by atoms with Crippen molar-refractivity contribution >= 4 is 5.82 Å². The molecule has 5 nitrogen and oxygen atoms in total. The van der Waals surface area contributed by atoms with E-state index in [1.807, 2.05) is 20.2 Å². The van der Waals surface area contributed by atoms with Crippen LogP contribution in [-0.2, 0) is 19.9 Å². The van der Waals surface area contributed by atoms with Gasteiger partial charge in [-0.2, -0.15) is 5.10 Å². The highest BCUT2D eigenvalue weighted by atomic mass is 15.3. The maximum Gasteiger partial charge on any atom is 0.165 e. The van der Waals surface area contributed by atoms with Gasteiger partial charge in [0.1, 0.15) is 5.82 Å². The Morgan fingerprint density at radius 3 is 2.50 bits per heavy atom. The first-order valence-electron chi connectivity index (χ1n) is 6.22. The third kappa shape index (κ3) is 2.08. The standard InChI is InChI=1S/C13H19N5/c1-5-9-8(3)15-13(16-12(9)14)10-7-18(4)17-11(10)6-2/h7H,5-6H2,1-4H3,(H2,14,15,16). The summed E-state index contributed by atoms with van der Waals surface area (Å²) in [5.41, 5.74) is 9.94. The molecule has 0 fully saturated rings. The molecule has 0 amide bonds. The Hall–Kier alpha value is -1.91. The minimum absolute atomic E-state index is 0.575. The van der Waals surface area contributed by atoms with Crippen LogP contribution in [0.5, 0.6) is 0 Å². The van der Waals surface area contributed by atoms with Crippen LogP contribution in [-0.4, -0.2) is 19.7 Å². The van der Waals surface area contributed by atoms with E-state index in [9.17, 15) is 0 Å². The molecule has 0 atom stereocenters. The zero-order chi connectivity index (χ0) is 13.3. The topological polar surface area (TPSA) is 69.6 Å². The molecule has 2 aromatic rings. The second-order valence-corrected chi connectivity index (χ2v) is 4.37. The van der Waals surface area contributed by atoms with E-state index in [1.54, 1.807) is 4.68 Å². The average Bonchev–Trinajstić information content (AvgIpc) is 2.70. The molecule has 5 heteroatoms. The lowest BCUT2D eigenvalue weighted by atomic mass is 10.1. The first kappa shape index (κ1) is 12.5. The van der Waals surface area contributed by atoms with Gasteiger partial charge in [-0.15, -0.1) is 0 Å². The normalized spacial score (nSPS) is 10.9. The van der Waals surface area contributed by atoms with Crippen LogP contribution in [0.3, 0.4) is 0 Å². The van der Waals surface area contributed by atoms with Gasteiger partial charge < -0.3 is 5.73 Å². The van der Waals surface area contributed by atoms with Crippen molar-refractivity contribution < 1.29 is 0 Å². The van der Waals surface area contributed by atoms with E-state index in [0.29, 0.717) is 11.6 Å². The second-order valence-electron chi connectivity index (χ2n) is 4.37. The molecule has 2 N–H and O–H groups in total. The lowest BCUT2D eigenvalue weighted by Gasteiger charge is -2.08. The summed E-state index contributed by atoms with van der Waals surface area (Å²) >= 11 is 0. The van der Waals surface area contributed by atoms with Crippen LogP contribution in [0.15, 0.2) is 6.20 Å². The van der Waals surface area contributed by atoms with E-state index in [1.165, 1.54) is 0 Å². The van der Waals surface area contributed by atoms with Crippen molar-refractivity contribution in [2.45, 2.75) is 33.6 Å². The van der Waals surface area contributed by atoms with E-state index in [2.05, 4.69) is 28.9 Å². The molecule has 96 valence electrons. The molecule has 0 bridgehead atoms. The SMILES string of the molecule is CCc1nn(C)cc1-c1nc(C)c(CC)c(N)n1. The zero-order valence-electron chi connectivity index (χ0n) is 11.4. The largest absolute Gasteiger partial charge is 0.383 e. The number of rotatable bonds is 3. The summed E-state index contributed by atoms with van der Waals surface area (Å²) in [6.07, 6.45) is 3.65. The Labute approximate surface area is 107 Å². The van der Waals surface area contributed by atoms with Crippen LogP contribution >= 0.6 is 0 Å². The van der Waals surface area contributed by atoms with Gasteiger partial charge >= 0.3 is 0 Å². The lowest BCUT2D eigenvalue weighted by molar-refractivity contribution is 0.746. The first-order valence-corrected chi connectivity index (χ1v) is 6.22. The summed E-state index contributed by atoms with van der Waals surface area (Å²) in [5, 5.41) is 4.40. The van der Waals surface area contributed by atoms with E-state index in [0.717, 1.165) is 35.4 Å². The van der Waals surface area contributed by atoms with Crippen LogP contribution in [0.1, 0.15) is 30.8 Å². The molecule has 0 unspecified atom stereocenters. The van der Waals surface area contributed by atoms with Crippen LogP contribution in [0.25, 0.3) is 11.4 Å². The minimum atomic E-state index is 0.575. The molecule has 0 aromatic carbocycles. The van der Waals surface area contributed by atoms with Crippen molar-refractivity contribution in [3.8, 4) is 11.4 Å². The van der Waals surface area contributed by atoms with Crippen LogP contribution < -0.4 is 5.73 Å². The number of hydrogen-bond donors (Lipinski definition) is 1. The first-order chi connectivity index (χ1) is 8.56. The molecule has 0 saturated carbocycles. The van der Waals surface area contributed by atoms with Crippen LogP contribution in [0, 0.1) is 6.92 Å². The maximum absolute atomic E-state index is 5.99. The predicted molar refractivity (Wildman–Crippen MR) is 72.1 cm³/mol. The third-order valence-corrected chi connectivity index (χ3v) is 3.08.